The predicted molar refractivity (Wildman–Crippen MR) is 180 cm³/mol. The van der Waals surface area contributed by atoms with Gasteiger partial charge in [-0.25, -0.2) is 8.42 Å². The quantitative estimate of drug-likeness (QED) is 0.178. The average Bonchev–Trinajstić information content (AvgIpc) is 3.06. The Kier molecular flexibility index (Phi) is 11.5. The highest BCUT2D eigenvalue weighted by molar-refractivity contribution is 7.92. The average molecular weight is 626 g/mol. The number of hydrogen-bond acceptors (Lipinski definition) is 4. The van der Waals surface area contributed by atoms with Crippen molar-refractivity contribution in [2.45, 2.75) is 70.5 Å². The lowest BCUT2D eigenvalue weighted by molar-refractivity contribution is -0.140. The number of hydrogen-bond donors (Lipinski definition) is 1. The lowest BCUT2D eigenvalue weighted by atomic mass is 10.0. The van der Waals surface area contributed by atoms with Gasteiger partial charge in [-0.2, -0.15) is 0 Å². The summed E-state index contributed by atoms with van der Waals surface area (Å²) < 4.78 is 29.4. The molecule has 2 atom stereocenters. The van der Waals surface area contributed by atoms with Crippen LogP contribution in [0.5, 0.6) is 0 Å². The van der Waals surface area contributed by atoms with Crippen molar-refractivity contribution in [1.82, 2.24) is 10.2 Å². The standard InChI is InChI=1S/C37H43N3O4S/c1-5-29(4)38-37(42)35(25-31-16-9-7-10-17-31)39(26-32-18-14-13-15-28(32)3)36(41)27-40(33-23-21-30(6-2)22-24-33)45(43,44)34-19-11-8-12-20-34/h7-24,29,35H,5-6,25-27H2,1-4H3,(H,38,42)/t29-,35+/m0/s1. The van der Waals surface area contributed by atoms with Crippen molar-refractivity contribution in [3.8, 4) is 0 Å². The van der Waals surface area contributed by atoms with Crippen molar-refractivity contribution in [3.63, 3.8) is 0 Å². The molecule has 0 heterocycles. The highest BCUT2D eigenvalue weighted by Gasteiger charge is 2.35. The van der Waals surface area contributed by atoms with Crippen molar-refractivity contribution < 1.29 is 18.0 Å². The maximum absolute atomic E-state index is 14.6. The molecule has 0 saturated carbocycles. The van der Waals surface area contributed by atoms with Gasteiger partial charge in [0.25, 0.3) is 10.0 Å². The summed E-state index contributed by atoms with van der Waals surface area (Å²) >= 11 is 0. The van der Waals surface area contributed by atoms with Crippen LogP contribution in [0.4, 0.5) is 5.69 Å². The molecule has 0 aliphatic carbocycles. The van der Waals surface area contributed by atoms with Gasteiger partial charge in [0.2, 0.25) is 11.8 Å². The Balaban J connectivity index is 1.81. The van der Waals surface area contributed by atoms with Crippen LogP contribution in [0.25, 0.3) is 0 Å². The van der Waals surface area contributed by atoms with Gasteiger partial charge < -0.3 is 10.2 Å². The van der Waals surface area contributed by atoms with E-state index in [1.54, 1.807) is 35.2 Å². The van der Waals surface area contributed by atoms with Crippen molar-refractivity contribution in [1.29, 1.82) is 0 Å². The summed E-state index contributed by atoms with van der Waals surface area (Å²) in [6.07, 6.45) is 1.80. The summed E-state index contributed by atoms with van der Waals surface area (Å²) in [5.74, 6) is -0.752. The second-order valence-electron chi connectivity index (χ2n) is 11.3. The first-order valence-corrected chi connectivity index (χ1v) is 16.9. The van der Waals surface area contributed by atoms with Crippen molar-refractivity contribution in [2.24, 2.45) is 0 Å². The zero-order valence-corrected chi connectivity index (χ0v) is 27.3. The van der Waals surface area contributed by atoms with Crippen LogP contribution in [0, 0.1) is 6.92 Å². The van der Waals surface area contributed by atoms with Crippen LogP contribution in [-0.4, -0.2) is 43.8 Å². The van der Waals surface area contributed by atoms with E-state index in [9.17, 15) is 18.0 Å². The van der Waals surface area contributed by atoms with Gasteiger partial charge in [0, 0.05) is 19.0 Å². The second kappa shape index (κ2) is 15.5. The Morgan fingerprint density at radius 1 is 0.778 bits per heavy atom. The van der Waals surface area contributed by atoms with E-state index in [1.165, 1.54) is 12.1 Å². The minimum atomic E-state index is -4.13. The zero-order chi connectivity index (χ0) is 32.4. The predicted octanol–water partition coefficient (Wildman–Crippen LogP) is 6.31. The molecule has 8 heteroatoms. The molecule has 0 aromatic heterocycles. The number of aryl methyl sites for hydroxylation is 2. The van der Waals surface area contributed by atoms with E-state index in [0.29, 0.717) is 5.69 Å². The van der Waals surface area contributed by atoms with Gasteiger partial charge in [0.1, 0.15) is 12.6 Å². The van der Waals surface area contributed by atoms with Crippen molar-refractivity contribution in [3.05, 3.63) is 131 Å². The fourth-order valence-electron chi connectivity index (χ4n) is 5.11. The minimum Gasteiger partial charge on any atom is -0.352 e. The first-order valence-electron chi connectivity index (χ1n) is 15.5. The van der Waals surface area contributed by atoms with E-state index < -0.39 is 28.5 Å². The molecular weight excluding hydrogens is 582 g/mol. The molecule has 236 valence electrons. The lowest BCUT2D eigenvalue weighted by Gasteiger charge is -2.34. The van der Waals surface area contributed by atoms with Crippen LogP contribution >= 0.6 is 0 Å². The molecule has 7 nitrogen and oxygen atoms in total. The van der Waals surface area contributed by atoms with Crippen LogP contribution in [0.1, 0.15) is 49.4 Å². The number of rotatable bonds is 14. The number of anilines is 1. The van der Waals surface area contributed by atoms with E-state index in [4.69, 9.17) is 0 Å². The van der Waals surface area contributed by atoms with E-state index in [1.807, 2.05) is 94.4 Å². The Morgan fingerprint density at radius 2 is 1.38 bits per heavy atom. The van der Waals surface area contributed by atoms with E-state index >= 15 is 0 Å². The second-order valence-corrected chi connectivity index (χ2v) is 13.2. The normalized spacial score (nSPS) is 12.6. The molecule has 2 amide bonds. The first kappa shape index (κ1) is 33.5. The van der Waals surface area contributed by atoms with Gasteiger partial charge in [-0.1, -0.05) is 98.8 Å². The number of sulfonamides is 1. The molecule has 0 saturated heterocycles. The SMILES string of the molecule is CCc1ccc(N(CC(=O)N(Cc2ccccc2C)[C@H](Cc2ccccc2)C(=O)N[C@@H](C)CC)S(=O)(=O)c2ccccc2)cc1. The zero-order valence-electron chi connectivity index (χ0n) is 26.5. The smallest absolute Gasteiger partial charge is 0.264 e. The summed E-state index contributed by atoms with van der Waals surface area (Å²) in [7, 11) is -4.13. The highest BCUT2D eigenvalue weighted by atomic mass is 32.2. The topological polar surface area (TPSA) is 86.8 Å². The molecule has 4 aromatic rings. The molecule has 45 heavy (non-hydrogen) atoms. The van der Waals surface area contributed by atoms with Gasteiger partial charge in [0.05, 0.1) is 10.6 Å². The molecule has 0 unspecified atom stereocenters. The number of amides is 2. The number of benzene rings is 4. The Bertz CT molecular complexity index is 1660. The largest absolute Gasteiger partial charge is 0.352 e. The van der Waals surface area contributed by atoms with Crippen molar-refractivity contribution in [2.75, 3.05) is 10.8 Å². The van der Waals surface area contributed by atoms with Gasteiger partial charge in [-0.05, 0) is 73.2 Å². The molecule has 0 spiro atoms. The Labute approximate surface area is 268 Å². The minimum absolute atomic E-state index is 0.0816. The van der Waals surface area contributed by atoms with Gasteiger partial charge >= 0.3 is 0 Å². The molecule has 0 bridgehead atoms. The summed E-state index contributed by atoms with van der Waals surface area (Å²) in [4.78, 5) is 30.1. The summed E-state index contributed by atoms with van der Waals surface area (Å²) in [5, 5.41) is 3.07. The fraction of sp³-hybridized carbons (Fsp3) is 0.297. The Morgan fingerprint density at radius 3 is 1.98 bits per heavy atom. The van der Waals surface area contributed by atoms with Crippen molar-refractivity contribution >= 4 is 27.5 Å². The van der Waals surface area contributed by atoms with Gasteiger partial charge in [0.15, 0.2) is 0 Å². The molecular formula is C37H43N3O4S. The van der Waals surface area contributed by atoms with Crippen LogP contribution in [-0.2, 0) is 39.0 Å². The molecule has 4 rings (SSSR count). The highest BCUT2D eigenvalue weighted by Crippen LogP contribution is 2.26. The summed E-state index contributed by atoms with van der Waals surface area (Å²) in [6, 6.07) is 31.6. The van der Waals surface area contributed by atoms with Crippen LogP contribution in [0.3, 0.4) is 0 Å². The van der Waals surface area contributed by atoms with E-state index in [2.05, 4.69) is 5.32 Å². The molecule has 0 aliphatic rings. The fourth-order valence-corrected chi connectivity index (χ4v) is 6.55. The Hall–Kier alpha value is -4.43. The molecule has 0 radical (unpaired) electrons. The molecule has 4 aromatic carbocycles. The monoisotopic (exact) mass is 625 g/mol. The molecule has 0 fully saturated rings. The number of nitrogens with zero attached hydrogens (tertiary/aromatic N) is 2. The van der Waals surface area contributed by atoms with Crippen LogP contribution in [0.15, 0.2) is 114 Å². The lowest BCUT2D eigenvalue weighted by Crippen LogP contribution is -2.54. The summed E-state index contributed by atoms with van der Waals surface area (Å²) in [6.45, 7) is 7.58. The molecule has 0 aliphatic heterocycles. The van der Waals surface area contributed by atoms with E-state index in [-0.39, 0.29) is 29.8 Å². The van der Waals surface area contributed by atoms with Gasteiger partial charge in [-0.3, -0.25) is 13.9 Å². The number of carbonyl (C=O) groups excluding carboxylic acids is 2. The van der Waals surface area contributed by atoms with Gasteiger partial charge in [-0.15, -0.1) is 0 Å². The number of nitrogens with one attached hydrogen (secondary N) is 1. The third-order valence-electron chi connectivity index (χ3n) is 8.12. The van der Waals surface area contributed by atoms with E-state index in [0.717, 1.165) is 39.4 Å². The maximum Gasteiger partial charge on any atom is 0.264 e. The summed E-state index contributed by atoms with van der Waals surface area (Å²) in [5.41, 5.74) is 4.18. The van der Waals surface area contributed by atoms with Crippen LogP contribution in [0.2, 0.25) is 0 Å². The first-order chi connectivity index (χ1) is 21.6. The third kappa shape index (κ3) is 8.60. The number of carbonyl (C=O) groups is 2. The molecule has 1 N–H and O–H groups in total. The maximum atomic E-state index is 14.6. The third-order valence-corrected chi connectivity index (χ3v) is 9.90. The van der Waals surface area contributed by atoms with Crippen LogP contribution < -0.4 is 9.62 Å².